The van der Waals surface area contributed by atoms with Crippen LogP contribution in [0.4, 0.5) is 0 Å². The first-order valence-corrected chi connectivity index (χ1v) is 14.3. The van der Waals surface area contributed by atoms with E-state index in [9.17, 15) is 29.1 Å². The van der Waals surface area contributed by atoms with Gasteiger partial charge in [0.25, 0.3) is 0 Å². The molecular weight excluding hydrogens is 584 g/mol. The molecule has 0 unspecified atom stereocenters. The number of benzene rings is 1. The first kappa shape index (κ1) is 32.6. The molecule has 1 N–H and O–H groups in total. The number of hydrogen-bond donors (Lipinski definition) is 1. The van der Waals surface area contributed by atoms with Crippen LogP contribution in [0, 0.1) is 5.92 Å². The highest BCUT2D eigenvalue weighted by Gasteiger charge is 2.53. The van der Waals surface area contributed by atoms with Crippen molar-refractivity contribution < 1.29 is 61.9 Å². The van der Waals surface area contributed by atoms with Crippen molar-refractivity contribution in [1.82, 2.24) is 0 Å². The van der Waals surface area contributed by atoms with Crippen LogP contribution in [0.25, 0.3) is 11.0 Å². The molecule has 0 spiro atoms. The van der Waals surface area contributed by atoms with Gasteiger partial charge in [-0.25, -0.2) is 4.79 Å². The average Bonchev–Trinajstić information content (AvgIpc) is 2.93. The summed E-state index contributed by atoms with van der Waals surface area (Å²) in [5, 5.41) is 11.1. The van der Waals surface area contributed by atoms with Gasteiger partial charge in [0.1, 0.15) is 24.0 Å². The van der Waals surface area contributed by atoms with Crippen molar-refractivity contribution in [1.29, 1.82) is 0 Å². The molecule has 2 heterocycles. The van der Waals surface area contributed by atoms with Crippen LogP contribution in [0.15, 0.2) is 27.4 Å². The van der Waals surface area contributed by atoms with Gasteiger partial charge in [-0.2, -0.15) is 0 Å². The Morgan fingerprint density at radius 2 is 1.45 bits per heavy atom. The molecule has 0 bridgehead atoms. The van der Waals surface area contributed by atoms with Crippen molar-refractivity contribution in [2.75, 3.05) is 6.61 Å². The quantitative estimate of drug-likeness (QED) is 0.245. The first-order chi connectivity index (χ1) is 20.8. The van der Waals surface area contributed by atoms with Gasteiger partial charge < -0.3 is 42.7 Å². The molecule has 1 aliphatic heterocycles. The zero-order chi connectivity index (χ0) is 32.1. The molecule has 5 atom stereocenters. The van der Waals surface area contributed by atoms with Gasteiger partial charge in [-0.3, -0.25) is 19.2 Å². The smallest absolute Gasteiger partial charge is 0.383 e. The van der Waals surface area contributed by atoms with Crippen molar-refractivity contribution in [3.63, 3.8) is 0 Å². The summed E-state index contributed by atoms with van der Waals surface area (Å²) in [5.74, 6) is -3.06. The summed E-state index contributed by atoms with van der Waals surface area (Å²) < 4.78 is 44.4. The van der Waals surface area contributed by atoms with Crippen molar-refractivity contribution in [3.8, 4) is 17.2 Å². The van der Waals surface area contributed by atoms with Gasteiger partial charge in [0.2, 0.25) is 18.1 Å². The van der Waals surface area contributed by atoms with Gasteiger partial charge in [-0.05, 0) is 43.7 Å². The van der Waals surface area contributed by atoms with E-state index in [4.69, 9.17) is 37.6 Å². The molecule has 2 fully saturated rings. The molecule has 2 aromatic rings. The Balaban J connectivity index is 1.66. The molecule has 1 saturated carbocycles. The number of aromatic hydroxyl groups is 1. The van der Waals surface area contributed by atoms with E-state index in [0.29, 0.717) is 5.92 Å². The maximum absolute atomic E-state index is 12.8. The molecule has 14 nitrogen and oxygen atoms in total. The second-order valence-corrected chi connectivity index (χ2v) is 10.9. The third-order valence-corrected chi connectivity index (χ3v) is 7.26. The Hall–Kier alpha value is -4.33. The lowest BCUT2D eigenvalue weighted by Crippen LogP contribution is -2.63. The highest BCUT2D eigenvalue weighted by molar-refractivity contribution is 5.86. The number of fused-ring (bicyclic) bond motifs is 1. The normalized spacial score (nSPS) is 26.7. The summed E-state index contributed by atoms with van der Waals surface area (Å²) in [6.45, 7) is 6.20. The van der Waals surface area contributed by atoms with Crippen LogP contribution in [0.1, 0.15) is 60.3 Å². The minimum Gasteiger partial charge on any atom is -0.504 e. The Bertz CT molecular complexity index is 1440. The van der Waals surface area contributed by atoms with E-state index in [1.165, 1.54) is 18.2 Å². The van der Waals surface area contributed by atoms with Gasteiger partial charge in [0.15, 0.2) is 18.0 Å². The highest BCUT2D eigenvalue weighted by Crippen LogP contribution is 2.37. The summed E-state index contributed by atoms with van der Waals surface area (Å²) in [6.07, 6.45) is -3.77. The number of ether oxygens (including phenoxy) is 7. The lowest BCUT2D eigenvalue weighted by Gasteiger charge is -2.43. The molecule has 0 radical (unpaired) electrons. The zero-order valence-electron chi connectivity index (χ0n) is 25.1. The van der Waals surface area contributed by atoms with Gasteiger partial charge in [0, 0.05) is 33.8 Å². The average molecular weight is 621 g/mol. The Labute approximate surface area is 252 Å². The van der Waals surface area contributed by atoms with Crippen molar-refractivity contribution in [2.24, 2.45) is 5.92 Å². The molecule has 4 rings (SSSR count). The Morgan fingerprint density at radius 3 is 2.07 bits per heavy atom. The summed E-state index contributed by atoms with van der Waals surface area (Å²) in [5.41, 5.74) is -0.918. The molecule has 14 heteroatoms. The third kappa shape index (κ3) is 7.98. The maximum atomic E-state index is 12.8. The van der Waals surface area contributed by atoms with Gasteiger partial charge in [-0.15, -0.1) is 0 Å². The lowest BCUT2D eigenvalue weighted by atomic mass is 9.89. The van der Waals surface area contributed by atoms with E-state index in [-0.39, 0.29) is 34.3 Å². The molecule has 1 aliphatic carbocycles. The molecule has 1 saturated heterocycles. The Kier molecular flexibility index (Phi) is 10.3. The van der Waals surface area contributed by atoms with Crippen LogP contribution in [0.5, 0.6) is 17.2 Å². The summed E-state index contributed by atoms with van der Waals surface area (Å²) in [4.78, 5) is 60.4. The zero-order valence-corrected chi connectivity index (χ0v) is 25.1. The topological polar surface area (TPSA) is 183 Å². The van der Waals surface area contributed by atoms with E-state index in [1.807, 2.05) is 0 Å². The summed E-state index contributed by atoms with van der Waals surface area (Å²) in [6, 6.07) is 4.17. The predicted octanol–water partition coefficient (Wildman–Crippen LogP) is 2.92. The SMILES string of the molecule is CC(=O)OC[C@H]1O[C@@H](Oc2ccc3c(O)c(O[C@H]4CC[C@H](C)CC4)c(=O)oc3c2)[C@H](OC(C)=O)[C@@H](OC(C)=O)[C@H]1OC(C)=O. The molecule has 1 aromatic heterocycles. The highest BCUT2D eigenvalue weighted by atomic mass is 16.7. The number of carbonyl (C=O) groups excluding carboxylic acids is 4. The fourth-order valence-corrected chi connectivity index (χ4v) is 5.26. The van der Waals surface area contributed by atoms with Crippen molar-refractivity contribution in [2.45, 2.75) is 97.1 Å². The van der Waals surface area contributed by atoms with Crippen LogP contribution >= 0.6 is 0 Å². The van der Waals surface area contributed by atoms with E-state index in [0.717, 1.165) is 53.4 Å². The second kappa shape index (κ2) is 14.0. The third-order valence-electron chi connectivity index (χ3n) is 7.26. The fourth-order valence-electron chi connectivity index (χ4n) is 5.26. The molecule has 44 heavy (non-hydrogen) atoms. The minimum absolute atomic E-state index is 0.0379. The minimum atomic E-state index is -1.50. The molecule has 240 valence electrons. The van der Waals surface area contributed by atoms with Crippen LogP contribution in [-0.2, 0) is 42.9 Å². The van der Waals surface area contributed by atoms with Crippen molar-refractivity contribution >= 4 is 34.8 Å². The molecule has 1 aromatic carbocycles. The molecule has 2 aliphatic rings. The standard InChI is InChI=1S/C30H36O14/c1-14-6-8-19(9-7-14)41-26-24(35)21-11-10-20(12-22(21)43-29(26)36)42-30-28(40-18(5)34)27(39-17(4)33)25(38-16(3)32)23(44-30)13-37-15(2)31/h10-12,14,19,23,25,27-28,30,35H,6-9,13H2,1-5H3/t14-,19-,23-,25+,27+,28-,30-/m1/s1. The summed E-state index contributed by atoms with van der Waals surface area (Å²) >= 11 is 0. The first-order valence-electron chi connectivity index (χ1n) is 14.3. The largest absolute Gasteiger partial charge is 0.504 e. The second-order valence-electron chi connectivity index (χ2n) is 10.9. The Morgan fingerprint density at radius 1 is 0.841 bits per heavy atom. The molecular formula is C30H36O14. The fraction of sp³-hybridized carbons (Fsp3) is 0.567. The maximum Gasteiger partial charge on any atom is 0.383 e. The number of esters is 4. The van der Waals surface area contributed by atoms with Gasteiger partial charge in [0.05, 0.1) is 11.5 Å². The van der Waals surface area contributed by atoms with Gasteiger partial charge in [-0.1, -0.05) is 6.92 Å². The summed E-state index contributed by atoms with van der Waals surface area (Å²) in [7, 11) is 0. The van der Waals surface area contributed by atoms with Gasteiger partial charge >= 0.3 is 29.5 Å². The number of carbonyl (C=O) groups is 4. The molecule has 0 amide bonds. The van der Waals surface area contributed by atoms with Crippen molar-refractivity contribution in [3.05, 3.63) is 28.6 Å². The van der Waals surface area contributed by atoms with E-state index in [2.05, 4.69) is 6.92 Å². The van der Waals surface area contributed by atoms with E-state index >= 15 is 0 Å². The van der Waals surface area contributed by atoms with E-state index in [1.54, 1.807) is 0 Å². The lowest BCUT2D eigenvalue weighted by molar-refractivity contribution is -0.288. The van der Waals surface area contributed by atoms with Crippen LogP contribution in [-0.4, -0.2) is 72.4 Å². The van der Waals surface area contributed by atoms with Crippen LogP contribution in [0.3, 0.4) is 0 Å². The number of hydrogen-bond acceptors (Lipinski definition) is 14. The van der Waals surface area contributed by atoms with Crippen LogP contribution in [0.2, 0.25) is 0 Å². The predicted molar refractivity (Wildman–Crippen MR) is 149 cm³/mol. The number of rotatable bonds is 9. The van der Waals surface area contributed by atoms with Crippen LogP contribution < -0.4 is 15.1 Å². The van der Waals surface area contributed by atoms with E-state index < -0.39 is 66.8 Å². The monoisotopic (exact) mass is 620 g/mol.